The summed E-state index contributed by atoms with van der Waals surface area (Å²) < 4.78 is 16.0. The van der Waals surface area contributed by atoms with Crippen molar-refractivity contribution >= 4 is 26.9 Å². The molecule has 102 valence electrons. The van der Waals surface area contributed by atoms with Gasteiger partial charge in [0.2, 0.25) is 0 Å². The second-order valence-corrected chi connectivity index (χ2v) is 8.75. The number of thioether (sulfide) groups is 1. The SMILES string of the molecule is CO[Si](CCCSCC(C)(C)C=O)(OC)OC. The summed E-state index contributed by atoms with van der Waals surface area (Å²) in [5.74, 6) is 1.83. The zero-order valence-electron chi connectivity index (χ0n) is 11.4. The highest BCUT2D eigenvalue weighted by molar-refractivity contribution is 7.99. The Hall–Kier alpha value is 0.117. The molecule has 0 aromatic rings. The molecule has 0 aliphatic carbocycles. The zero-order valence-corrected chi connectivity index (χ0v) is 13.3. The van der Waals surface area contributed by atoms with Crippen LogP contribution in [0.3, 0.4) is 0 Å². The van der Waals surface area contributed by atoms with Crippen molar-refractivity contribution < 1.29 is 18.1 Å². The number of rotatable bonds is 10. The first kappa shape index (κ1) is 17.1. The third-order valence-corrected chi connectivity index (χ3v) is 6.86. The van der Waals surface area contributed by atoms with Gasteiger partial charge in [0.05, 0.1) is 0 Å². The van der Waals surface area contributed by atoms with E-state index in [0.29, 0.717) is 0 Å². The lowest BCUT2D eigenvalue weighted by molar-refractivity contribution is -0.113. The molecule has 0 aliphatic rings. The summed E-state index contributed by atoms with van der Waals surface area (Å²) in [5.41, 5.74) is -0.233. The highest BCUT2D eigenvalue weighted by Crippen LogP contribution is 2.22. The molecule has 0 aliphatic heterocycles. The van der Waals surface area contributed by atoms with Gasteiger partial charge in [-0.2, -0.15) is 11.8 Å². The van der Waals surface area contributed by atoms with E-state index in [-0.39, 0.29) is 5.41 Å². The van der Waals surface area contributed by atoms with E-state index in [2.05, 4.69) is 0 Å². The molecular weight excluding hydrogens is 256 g/mol. The topological polar surface area (TPSA) is 44.8 Å². The molecule has 6 heteroatoms. The van der Waals surface area contributed by atoms with Gasteiger partial charge in [-0.1, -0.05) is 13.8 Å². The smallest absolute Gasteiger partial charge is 0.377 e. The van der Waals surface area contributed by atoms with Crippen LogP contribution >= 0.6 is 11.8 Å². The molecule has 0 aromatic carbocycles. The highest BCUT2D eigenvalue weighted by atomic mass is 32.2. The molecule has 0 rings (SSSR count). The molecule has 0 bridgehead atoms. The van der Waals surface area contributed by atoms with Gasteiger partial charge in [-0.3, -0.25) is 0 Å². The lowest BCUT2D eigenvalue weighted by Gasteiger charge is -2.24. The Bertz CT molecular complexity index is 211. The molecular formula is C11H24O4SSi. The predicted molar refractivity (Wildman–Crippen MR) is 73.4 cm³/mol. The van der Waals surface area contributed by atoms with Gasteiger partial charge < -0.3 is 18.1 Å². The zero-order chi connectivity index (χ0) is 13.4. The first-order valence-electron chi connectivity index (χ1n) is 5.65. The second kappa shape index (κ2) is 8.26. The van der Waals surface area contributed by atoms with E-state index in [4.69, 9.17) is 13.3 Å². The van der Waals surface area contributed by atoms with Gasteiger partial charge >= 0.3 is 8.80 Å². The largest absolute Gasteiger partial charge is 0.500 e. The van der Waals surface area contributed by atoms with Crippen molar-refractivity contribution in [2.24, 2.45) is 5.41 Å². The lowest BCUT2D eigenvalue weighted by atomic mass is 10.00. The molecule has 0 fully saturated rings. The van der Waals surface area contributed by atoms with Gasteiger partial charge in [-0.25, -0.2) is 0 Å². The maximum absolute atomic E-state index is 10.7. The quantitative estimate of drug-likeness (QED) is 0.349. The van der Waals surface area contributed by atoms with Crippen LogP contribution in [-0.4, -0.2) is 47.9 Å². The van der Waals surface area contributed by atoms with Crippen molar-refractivity contribution in [3.63, 3.8) is 0 Å². The molecule has 0 saturated heterocycles. The number of carbonyl (C=O) groups is 1. The van der Waals surface area contributed by atoms with E-state index in [1.807, 2.05) is 13.8 Å². The summed E-state index contributed by atoms with van der Waals surface area (Å²) in [6, 6.07) is 0.811. The van der Waals surface area contributed by atoms with Crippen LogP contribution in [0.15, 0.2) is 0 Å². The molecule has 0 atom stereocenters. The second-order valence-electron chi connectivity index (χ2n) is 4.56. The van der Waals surface area contributed by atoms with Crippen LogP contribution in [0.5, 0.6) is 0 Å². The monoisotopic (exact) mass is 280 g/mol. The number of aldehydes is 1. The van der Waals surface area contributed by atoms with Crippen LogP contribution < -0.4 is 0 Å². The Morgan fingerprint density at radius 3 is 2.12 bits per heavy atom. The molecule has 0 radical (unpaired) electrons. The summed E-state index contributed by atoms with van der Waals surface area (Å²) in [5, 5.41) is 0. The molecule has 0 amide bonds. The first-order chi connectivity index (χ1) is 7.95. The Balaban J connectivity index is 3.80. The Morgan fingerprint density at radius 2 is 1.71 bits per heavy atom. The van der Waals surface area contributed by atoms with E-state index in [1.54, 1.807) is 33.1 Å². The van der Waals surface area contributed by atoms with Crippen LogP contribution in [0.4, 0.5) is 0 Å². The fourth-order valence-corrected chi connectivity index (χ4v) is 4.38. The summed E-state index contributed by atoms with van der Waals surface area (Å²) in [6.45, 7) is 3.90. The first-order valence-corrected chi connectivity index (χ1v) is 8.73. The molecule has 0 spiro atoms. The molecule has 0 saturated carbocycles. The van der Waals surface area contributed by atoms with Crippen molar-refractivity contribution in [3.8, 4) is 0 Å². The third-order valence-electron chi connectivity index (χ3n) is 2.50. The van der Waals surface area contributed by atoms with E-state index in [1.165, 1.54) is 0 Å². The summed E-state index contributed by atoms with van der Waals surface area (Å²) in [6.07, 6.45) is 1.99. The number of carbonyl (C=O) groups excluding carboxylic acids is 1. The maximum Gasteiger partial charge on any atom is 0.500 e. The fraction of sp³-hybridized carbons (Fsp3) is 0.909. The number of hydrogen-bond acceptors (Lipinski definition) is 5. The molecule has 0 aromatic heterocycles. The van der Waals surface area contributed by atoms with Crippen LogP contribution in [-0.2, 0) is 18.1 Å². The van der Waals surface area contributed by atoms with Crippen molar-refractivity contribution in [1.29, 1.82) is 0 Å². The van der Waals surface area contributed by atoms with Gasteiger partial charge in [-0.15, -0.1) is 0 Å². The number of hydrogen-bond donors (Lipinski definition) is 0. The maximum atomic E-state index is 10.7. The Kier molecular flexibility index (Phi) is 8.32. The predicted octanol–water partition coefficient (Wildman–Crippen LogP) is 2.21. The van der Waals surface area contributed by atoms with Crippen molar-refractivity contribution in [1.82, 2.24) is 0 Å². The average molecular weight is 280 g/mol. The Labute approximate surface area is 110 Å². The minimum absolute atomic E-state index is 0.233. The van der Waals surface area contributed by atoms with Crippen LogP contribution in [0.2, 0.25) is 6.04 Å². The minimum Gasteiger partial charge on any atom is -0.377 e. The van der Waals surface area contributed by atoms with Crippen LogP contribution in [0, 0.1) is 5.41 Å². The normalized spacial score (nSPS) is 12.8. The lowest BCUT2D eigenvalue weighted by Crippen LogP contribution is -2.42. The summed E-state index contributed by atoms with van der Waals surface area (Å²) >= 11 is 1.78. The average Bonchev–Trinajstić information content (AvgIpc) is 2.34. The summed E-state index contributed by atoms with van der Waals surface area (Å²) in [7, 11) is 2.48. The van der Waals surface area contributed by atoms with Gasteiger partial charge in [-0.05, 0) is 12.2 Å². The van der Waals surface area contributed by atoms with E-state index < -0.39 is 8.80 Å². The molecule has 4 nitrogen and oxygen atoms in total. The van der Waals surface area contributed by atoms with Gasteiger partial charge in [0.15, 0.2) is 0 Å². The van der Waals surface area contributed by atoms with E-state index in [9.17, 15) is 4.79 Å². The molecule has 0 heterocycles. The van der Waals surface area contributed by atoms with Crippen LogP contribution in [0.25, 0.3) is 0 Å². The minimum atomic E-state index is -2.40. The van der Waals surface area contributed by atoms with Crippen molar-refractivity contribution in [2.75, 3.05) is 32.8 Å². The molecule has 0 unspecified atom stereocenters. The van der Waals surface area contributed by atoms with Gasteiger partial charge in [0, 0.05) is 38.5 Å². The van der Waals surface area contributed by atoms with Gasteiger partial charge in [0.25, 0.3) is 0 Å². The Morgan fingerprint density at radius 1 is 1.18 bits per heavy atom. The fourth-order valence-electron chi connectivity index (χ4n) is 1.32. The third kappa shape index (κ3) is 6.57. The summed E-state index contributed by atoms with van der Waals surface area (Å²) in [4.78, 5) is 10.7. The van der Waals surface area contributed by atoms with E-state index >= 15 is 0 Å². The van der Waals surface area contributed by atoms with Crippen molar-refractivity contribution in [2.45, 2.75) is 26.3 Å². The van der Waals surface area contributed by atoms with Crippen molar-refractivity contribution in [3.05, 3.63) is 0 Å². The van der Waals surface area contributed by atoms with E-state index in [0.717, 1.165) is 30.3 Å². The van der Waals surface area contributed by atoms with Gasteiger partial charge in [0.1, 0.15) is 6.29 Å². The molecule has 0 N–H and O–H groups in total. The highest BCUT2D eigenvalue weighted by Gasteiger charge is 2.36. The standard InChI is InChI=1S/C11H24O4SSi/c1-11(2,9-12)10-16-7-6-8-17(13-3,14-4)15-5/h9H,6-8,10H2,1-5H3. The molecule has 17 heavy (non-hydrogen) atoms. The van der Waals surface area contributed by atoms with Crippen LogP contribution in [0.1, 0.15) is 20.3 Å².